The molecule has 0 aliphatic heterocycles. The number of allylic oxidation sites excluding steroid dienone is 1. The number of aromatic nitrogens is 4. The highest BCUT2D eigenvalue weighted by Gasteiger charge is 2.22. The summed E-state index contributed by atoms with van der Waals surface area (Å²) >= 11 is 1.89. The molecule has 1 aliphatic carbocycles. The topological polar surface area (TPSA) is 56.7 Å². The second-order valence-electron chi connectivity index (χ2n) is 13.1. The predicted octanol–water partition coefficient (Wildman–Crippen LogP) is 12.0. The van der Waals surface area contributed by atoms with Gasteiger partial charge in [-0.15, -0.1) is 11.3 Å². The van der Waals surface area contributed by atoms with E-state index in [0.717, 1.165) is 73.3 Å². The van der Waals surface area contributed by atoms with Crippen LogP contribution in [0.15, 0.2) is 144 Å². The van der Waals surface area contributed by atoms with Crippen LogP contribution < -0.4 is 0 Å². The van der Waals surface area contributed by atoms with Crippen molar-refractivity contribution >= 4 is 71.2 Å². The average molecular weight is 673 g/mol. The lowest BCUT2D eigenvalue weighted by Gasteiger charge is -2.13. The van der Waals surface area contributed by atoms with Crippen LogP contribution in [0.3, 0.4) is 0 Å². The van der Waals surface area contributed by atoms with Crippen LogP contribution in [-0.4, -0.2) is 19.5 Å². The molecule has 0 N–H and O–H groups in total. The number of rotatable bonds is 4. The number of fused-ring (bicyclic) bond motifs is 9. The lowest BCUT2D eigenvalue weighted by Crippen LogP contribution is -2.07. The van der Waals surface area contributed by atoms with E-state index in [4.69, 9.17) is 19.4 Å². The standard InChI is InChI=1S/C45H28N4OS/c1-2-12-27(13-3-1)43-46-44(35-20-11-19-34-31-15-5-8-22-38(31)50-42(34)35)48-45(47-43)49-37-21-7-4-14-30(37)33-18-10-17-29(41(33)49)28-24-25-40-36(26-28)32-16-6-9-23-39(32)51-40/h1-5,7-15,17-26H,6,16H2. The minimum atomic E-state index is 0.560. The van der Waals surface area contributed by atoms with Crippen molar-refractivity contribution in [2.45, 2.75) is 12.8 Å². The van der Waals surface area contributed by atoms with Gasteiger partial charge in [0.15, 0.2) is 11.6 Å². The Bertz CT molecular complexity index is 3040. The van der Waals surface area contributed by atoms with Crippen LogP contribution in [-0.2, 0) is 6.42 Å². The maximum absolute atomic E-state index is 6.49. The van der Waals surface area contributed by atoms with Gasteiger partial charge < -0.3 is 4.42 Å². The van der Waals surface area contributed by atoms with Crippen molar-refractivity contribution in [3.05, 3.63) is 150 Å². The smallest absolute Gasteiger partial charge is 0.238 e. The summed E-state index contributed by atoms with van der Waals surface area (Å²) in [6.45, 7) is 0. The van der Waals surface area contributed by atoms with E-state index in [1.165, 1.54) is 26.1 Å². The SMILES string of the molecule is C1=Cc2sc3ccc(-c4cccc5c6ccccc6n(-c6nc(-c7ccccc7)nc(-c7cccc8c7oc7ccccc78)n6)c45)cc3c2CC1. The molecule has 10 aromatic rings. The minimum absolute atomic E-state index is 0.560. The molecule has 0 atom stereocenters. The molecule has 0 saturated heterocycles. The number of hydrogen-bond donors (Lipinski definition) is 0. The normalized spacial score (nSPS) is 12.9. The zero-order valence-corrected chi connectivity index (χ0v) is 28.2. The number of thiophene rings is 1. The van der Waals surface area contributed by atoms with E-state index >= 15 is 0 Å². The third-order valence-electron chi connectivity index (χ3n) is 10.2. The van der Waals surface area contributed by atoms with Crippen molar-refractivity contribution in [2.75, 3.05) is 0 Å². The number of furan rings is 1. The van der Waals surface area contributed by atoms with Crippen molar-refractivity contribution in [3.8, 4) is 39.9 Å². The van der Waals surface area contributed by atoms with Crippen LogP contribution in [0.4, 0.5) is 0 Å². The molecule has 1 aliphatic rings. The lowest BCUT2D eigenvalue weighted by atomic mass is 9.97. The van der Waals surface area contributed by atoms with Gasteiger partial charge in [-0.2, -0.15) is 9.97 Å². The Morgan fingerprint density at radius 2 is 1.35 bits per heavy atom. The van der Waals surface area contributed by atoms with Gasteiger partial charge in [-0.3, -0.25) is 4.57 Å². The molecule has 11 rings (SSSR count). The van der Waals surface area contributed by atoms with E-state index in [-0.39, 0.29) is 0 Å². The average Bonchev–Trinajstić information content (AvgIpc) is 3.87. The summed E-state index contributed by atoms with van der Waals surface area (Å²) in [4.78, 5) is 17.0. The van der Waals surface area contributed by atoms with E-state index in [1.807, 2.05) is 65.9 Å². The fourth-order valence-corrected chi connectivity index (χ4v) is 8.99. The van der Waals surface area contributed by atoms with Crippen LogP contribution in [0.1, 0.15) is 16.9 Å². The summed E-state index contributed by atoms with van der Waals surface area (Å²) < 4.78 is 10.0. The molecule has 0 amide bonds. The van der Waals surface area contributed by atoms with Crippen LogP contribution in [0.2, 0.25) is 0 Å². The van der Waals surface area contributed by atoms with Crippen molar-refractivity contribution in [3.63, 3.8) is 0 Å². The predicted molar refractivity (Wildman–Crippen MR) is 210 cm³/mol. The highest BCUT2D eigenvalue weighted by molar-refractivity contribution is 7.20. The monoisotopic (exact) mass is 672 g/mol. The number of benzene rings is 6. The molecule has 6 aromatic carbocycles. The molecule has 4 aromatic heterocycles. The molecule has 0 unspecified atom stereocenters. The lowest BCUT2D eigenvalue weighted by molar-refractivity contribution is 0.669. The quantitative estimate of drug-likeness (QED) is 0.187. The molecule has 240 valence electrons. The van der Waals surface area contributed by atoms with Crippen LogP contribution in [0.25, 0.3) is 99.8 Å². The Kier molecular flexibility index (Phi) is 6.18. The number of nitrogens with zero attached hydrogens (tertiary/aromatic N) is 4. The van der Waals surface area contributed by atoms with E-state index in [9.17, 15) is 0 Å². The van der Waals surface area contributed by atoms with Gasteiger partial charge in [-0.25, -0.2) is 4.98 Å². The van der Waals surface area contributed by atoms with Gasteiger partial charge in [0.25, 0.3) is 0 Å². The van der Waals surface area contributed by atoms with Crippen molar-refractivity contribution in [1.29, 1.82) is 0 Å². The Morgan fingerprint density at radius 1 is 0.588 bits per heavy atom. The van der Waals surface area contributed by atoms with Crippen molar-refractivity contribution < 1.29 is 4.42 Å². The molecule has 0 saturated carbocycles. The Hall–Kier alpha value is -6.37. The van der Waals surface area contributed by atoms with Crippen molar-refractivity contribution in [1.82, 2.24) is 19.5 Å². The molecular weight excluding hydrogens is 645 g/mol. The highest BCUT2D eigenvalue weighted by Crippen LogP contribution is 2.42. The van der Waals surface area contributed by atoms with Crippen LogP contribution in [0.5, 0.6) is 0 Å². The van der Waals surface area contributed by atoms with E-state index < -0.39 is 0 Å². The fourth-order valence-electron chi connectivity index (χ4n) is 7.83. The zero-order valence-electron chi connectivity index (χ0n) is 27.4. The van der Waals surface area contributed by atoms with Crippen LogP contribution in [0, 0.1) is 0 Å². The van der Waals surface area contributed by atoms with Gasteiger partial charge >= 0.3 is 0 Å². The molecular formula is C45H28N4OS. The number of para-hydroxylation sites is 4. The van der Waals surface area contributed by atoms with Gasteiger partial charge in [-0.1, -0.05) is 109 Å². The first-order valence-electron chi connectivity index (χ1n) is 17.3. The van der Waals surface area contributed by atoms with E-state index in [2.05, 4.69) is 95.6 Å². The Morgan fingerprint density at radius 3 is 2.27 bits per heavy atom. The first kappa shape index (κ1) is 28.5. The third-order valence-corrected chi connectivity index (χ3v) is 11.3. The van der Waals surface area contributed by atoms with E-state index in [0.29, 0.717) is 17.6 Å². The summed E-state index contributed by atoms with van der Waals surface area (Å²) in [7, 11) is 0. The summed E-state index contributed by atoms with van der Waals surface area (Å²) in [6, 6.07) is 46.6. The first-order valence-corrected chi connectivity index (χ1v) is 18.1. The summed E-state index contributed by atoms with van der Waals surface area (Å²) in [6.07, 6.45) is 6.74. The number of hydrogen-bond acceptors (Lipinski definition) is 5. The fraction of sp³-hybridized carbons (Fsp3) is 0.0444. The second kappa shape index (κ2) is 11.1. The largest absolute Gasteiger partial charge is 0.455 e. The maximum atomic E-state index is 6.49. The molecule has 0 bridgehead atoms. The molecule has 51 heavy (non-hydrogen) atoms. The van der Waals surface area contributed by atoms with Gasteiger partial charge in [0.1, 0.15) is 11.2 Å². The zero-order chi connectivity index (χ0) is 33.5. The van der Waals surface area contributed by atoms with Gasteiger partial charge in [0.2, 0.25) is 5.95 Å². The van der Waals surface area contributed by atoms with E-state index in [1.54, 1.807) is 0 Å². The minimum Gasteiger partial charge on any atom is -0.455 e. The van der Waals surface area contributed by atoms with Gasteiger partial charge in [0, 0.05) is 42.2 Å². The Balaban J connectivity index is 1.21. The Labute approximate surface area is 296 Å². The highest BCUT2D eigenvalue weighted by atomic mass is 32.1. The number of aryl methyl sites for hydroxylation is 1. The molecule has 6 heteroatoms. The van der Waals surface area contributed by atoms with Gasteiger partial charge in [0.05, 0.1) is 16.6 Å². The molecule has 0 radical (unpaired) electrons. The summed E-state index contributed by atoms with van der Waals surface area (Å²) in [5.41, 5.74) is 9.23. The van der Waals surface area contributed by atoms with Gasteiger partial charge in [-0.05, 0) is 65.8 Å². The van der Waals surface area contributed by atoms with Crippen molar-refractivity contribution in [2.24, 2.45) is 0 Å². The summed E-state index contributed by atoms with van der Waals surface area (Å²) in [5, 5.41) is 5.76. The molecule has 0 spiro atoms. The summed E-state index contributed by atoms with van der Waals surface area (Å²) in [5.74, 6) is 1.72. The molecule has 4 heterocycles. The maximum Gasteiger partial charge on any atom is 0.238 e. The third kappa shape index (κ3) is 4.36. The van der Waals surface area contributed by atoms with Crippen LogP contribution >= 0.6 is 11.3 Å². The molecule has 5 nitrogen and oxygen atoms in total. The molecule has 0 fully saturated rings. The second-order valence-corrected chi connectivity index (χ2v) is 14.2. The first-order chi connectivity index (χ1) is 25.3.